The van der Waals surface area contributed by atoms with Crippen molar-refractivity contribution in [2.24, 2.45) is 0 Å². The monoisotopic (exact) mass is 268 g/mol. The molecule has 1 N–H and O–H groups in total. The van der Waals surface area contributed by atoms with Crippen LogP contribution in [0.1, 0.15) is 30.1 Å². The number of nitrogens with zero attached hydrogens (tertiary/aromatic N) is 1. The molecule has 1 aromatic carbocycles. The maximum Gasteiger partial charge on any atom is 0.254 e. The quantitative estimate of drug-likeness (QED) is 0.907. The molecule has 0 radical (unpaired) electrons. The van der Waals surface area contributed by atoms with Gasteiger partial charge < -0.3 is 10.2 Å². The van der Waals surface area contributed by atoms with E-state index in [1.807, 2.05) is 6.92 Å². The number of amides is 1. The average Bonchev–Trinajstić information content (AvgIpc) is 2.85. The van der Waals surface area contributed by atoms with Crippen molar-refractivity contribution in [3.05, 3.63) is 35.4 Å². The van der Waals surface area contributed by atoms with Crippen LogP contribution in [-0.4, -0.2) is 36.5 Å². The second-order valence-corrected chi connectivity index (χ2v) is 4.98. The van der Waals surface area contributed by atoms with Crippen molar-refractivity contribution >= 4 is 5.91 Å². The molecule has 1 aliphatic rings. The Morgan fingerprint density at radius 1 is 1.37 bits per heavy atom. The van der Waals surface area contributed by atoms with Gasteiger partial charge in [0.1, 0.15) is 0 Å². The molecule has 1 amide bonds. The predicted molar refractivity (Wildman–Crippen MR) is 69.0 cm³/mol. The van der Waals surface area contributed by atoms with Gasteiger partial charge in [-0.1, -0.05) is 6.07 Å². The minimum absolute atomic E-state index is 0.0896. The highest BCUT2D eigenvalue weighted by Gasteiger charge is 2.19. The fourth-order valence-electron chi connectivity index (χ4n) is 2.38. The van der Waals surface area contributed by atoms with Crippen LogP contribution < -0.4 is 5.32 Å². The Hall–Kier alpha value is -1.49. The Morgan fingerprint density at radius 3 is 2.74 bits per heavy atom. The summed E-state index contributed by atoms with van der Waals surface area (Å²) in [6.07, 6.45) is 2.36. The summed E-state index contributed by atoms with van der Waals surface area (Å²) in [7, 11) is 0. The summed E-state index contributed by atoms with van der Waals surface area (Å²) in [6.45, 7) is 4.68. The van der Waals surface area contributed by atoms with E-state index in [1.54, 1.807) is 0 Å². The average molecular weight is 268 g/mol. The number of nitrogens with one attached hydrogen (secondary N) is 1. The molecular formula is C14H18F2N2O. The second kappa shape index (κ2) is 6.10. The van der Waals surface area contributed by atoms with Gasteiger partial charge in [-0.25, -0.2) is 8.78 Å². The number of hydrogen-bond acceptors (Lipinski definition) is 2. The molecule has 0 bridgehead atoms. The molecule has 1 heterocycles. The van der Waals surface area contributed by atoms with E-state index in [2.05, 4.69) is 10.2 Å². The van der Waals surface area contributed by atoms with E-state index in [-0.39, 0.29) is 11.6 Å². The smallest absolute Gasteiger partial charge is 0.254 e. The predicted octanol–water partition coefficient (Wildman–Crippen LogP) is 2.18. The zero-order valence-electron chi connectivity index (χ0n) is 11.0. The first-order chi connectivity index (χ1) is 9.08. The molecule has 0 saturated carbocycles. The summed E-state index contributed by atoms with van der Waals surface area (Å²) in [5.74, 6) is -2.66. The van der Waals surface area contributed by atoms with Crippen LogP contribution in [0.3, 0.4) is 0 Å². The molecule has 1 unspecified atom stereocenters. The van der Waals surface area contributed by atoms with E-state index in [0.29, 0.717) is 0 Å². The Kier molecular flexibility index (Phi) is 4.47. The zero-order chi connectivity index (χ0) is 13.8. The third-order valence-electron chi connectivity index (χ3n) is 3.30. The Labute approximate surface area is 111 Å². The van der Waals surface area contributed by atoms with Gasteiger partial charge in [0.05, 0.1) is 5.56 Å². The second-order valence-electron chi connectivity index (χ2n) is 4.98. The van der Waals surface area contributed by atoms with Crippen molar-refractivity contribution in [2.45, 2.75) is 25.8 Å². The Morgan fingerprint density at radius 2 is 2.05 bits per heavy atom. The van der Waals surface area contributed by atoms with E-state index >= 15 is 0 Å². The topological polar surface area (TPSA) is 32.3 Å². The molecular weight excluding hydrogens is 250 g/mol. The number of carbonyl (C=O) groups excluding carboxylic acids is 1. The molecule has 1 saturated heterocycles. The van der Waals surface area contributed by atoms with E-state index < -0.39 is 17.5 Å². The lowest BCUT2D eigenvalue weighted by atomic mass is 10.1. The lowest BCUT2D eigenvalue weighted by Gasteiger charge is -2.21. The van der Waals surface area contributed by atoms with Gasteiger partial charge in [0.2, 0.25) is 0 Å². The molecule has 1 aromatic rings. The van der Waals surface area contributed by atoms with Gasteiger partial charge in [0.15, 0.2) is 11.6 Å². The summed E-state index contributed by atoms with van der Waals surface area (Å²) in [5, 5.41) is 2.70. The van der Waals surface area contributed by atoms with E-state index in [0.717, 1.165) is 25.7 Å². The molecule has 3 nitrogen and oxygen atoms in total. The number of carbonyl (C=O) groups is 1. The fourth-order valence-corrected chi connectivity index (χ4v) is 2.38. The molecule has 2 rings (SSSR count). The molecule has 1 aliphatic heterocycles. The Bertz CT molecular complexity index is 459. The summed E-state index contributed by atoms with van der Waals surface area (Å²) < 4.78 is 26.5. The van der Waals surface area contributed by atoms with Gasteiger partial charge in [-0.2, -0.15) is 0 Å². The summed E-state index contributed by atoms with van der Waals surface area (Å²) in [4.78, 5) is 14.1. The maximum atomic E-state index is 13.5. The SMILES string of the molecule is CC(CN1CCCC1)NC(=O)c1cccc(F)c1F. The standard InChI is InChI=1S/C14H18F2N2O/c1-10(9-18-7-2-3-8-18)17-14(19)11-5-4-6-12(15)13(11)16/h4-6,10H,2-3,7-9H2,1H3,(H,17,19). The van der Waals surface area contributed by atoms with Gasteiger partial charge in [-0.15, -0.1) is 0 Å². The van der Waals surface area contributed by atoms with Gasteiger partial charge in [0.25, 0.3) is 5.91 Å². The lowest BCUT2D eigenvalue weighted by molar-refractivity contribution is 0.0927. The highest BCUT2D eigenvalue weighted by molar-refractivity contribution is 5.94. The number of hydrogen-bond donors (Lipinski definition) is 1. The summed E-state index contributed by atoms with van der Waals surface area (Å²) in [6, 6.07) is 3.53. The normalized spacial score (nSPS) is 17.4. The van der Waals surface area contributed by atoms with Gasteiger partial charge in [-0.05, 0) is 45.0 Å². The van der Waals surface area contributed by atoms with E-state index in [4.69, 9.17) is 0 Å². The number of likely N-dealkylation sites (tertiary alicyclic amines) is 1. The van der Waals surface area contributed by atoms with Crippen LogP contribution in [0.5, 0.6) is 0 Å². The molecule has 19 heavy (non-hydrogen) atoms. The highest BCUT2D eigenvalue weighted by Crippen LogP contribution is 2.12. The Balaban J connectivity index is 1.94. The van der Waals surface area contributed by atoms with Crippen LogP contribution in [0.15, 0.2) is 18.2 Å². The zero-order valence-corrected chi connectivity index (χ0v) is 11.0. The van der Waals surface area contributed by atoms with Crippen molar-refractivity contribution < 1.29 is 13.6 Å². The summed E-state index contributed by atoms with van der Waals surface area (Å²) in [5.41, 5.74) is -0.242. The molecule has 5 heteroatoms. The van der Waals surface area contributed by atoms with Crippen molar-refractivity contribution in [3.63, 3.8) is 0 Å². The molecule has 0 spiro atoms. The molecule has 1 fully saturated rings. The van der Waals surface area contributed by atoms with E-state index in [9.17, 15) is 13.6 Å². The molecule has 1 atom stereocenters. The number of rotatable bonds is 4. The first-order valence-electron chi connectivity index (χ1n) is 6.55. The largest absolute Gasteiger partial charge is 0.348 e. The summed E-state index contributed by atoms with van der Waals surface area (Å²) >= 11 is 0. The minimum Gasteiger partial charge on any atom is -0.348 e. The highest BCUT2D eigenvalue weighted by atomic mass is 19.2. The van der Waals surface area contributed by atoms with Gasteiger partial charge in [-0.3, -0.25) is 4.79 Å². The number of halogens is 2. The third-order valence-corrected chi connectivity index (χ3v) is 3.30. The van der Waals surface area contributed by atoms with Crippen molar-refractivity contribution in [1.82, 2.24) is 10.2 Å². The van der Waals surface area contributed by atoms with Crippen LogP contribution in [-0.2, 0) is 0 Å². The van der Waals surface area contributed by atoms with Crippen LogP contribution in [0.25, 0.3) is 0 Å². The van der Waals surface area contributed by atoms with Crippen molar-refractivity contribution in [3.8, 4) is 0 Å². The minimum atomic E-state index is -1.09. The van der Waals surface area contributed by atoms with Crippen LogP contribution in [0.4, 0.5) is 8.78 Å². The van der Waals surface area contributed by atoms with Gasteiger partial charge >= 0.3 is 0 Å². The van der Waals surface area contributed by atoms with Crippen LogP contribution >= 0.6 is 0 Å². The third kappa shape index (κ3) is 3.50. The van der Waals surface area contributed by atoms with Gasteiger partial charge in [0, 0.05) is 12.6 Å². The first-order valence-corrected chi connectivity index (χ1v) is 6.55. The van der Waals surface area contributed by atoms with E-state index in [1.165, 1.54) is 25.0 Å². The first kappa shape index (κ1) is 13.9. The number of benzene rings is 1. The van der Waals surface area contributed by atoms with Crippen molar-refractivity contribution in [1.29, 1.82) is 0 Å². The van der Waals surface area contributed by atoms with Crippen LogP contribution in [0.2, 0.25) is 0 Å². The van der Waals surface area contributed by atoms with Crippen molar-refractivity contribution in [2.75, 3.05) is 19.6 Å². The molecule has 104 valence electrons. The lowest BCUT2D eigenvalue weighted by Crippen LogP contribution is -2.41. The van der Waals surface area contributed by atoms with Crippen LogP contribution in [0, 0.1) is 11.6 Å². The molecule has 0 aliphatic carbocycles. The fraction of sp³-hybridized carbons (Fsp3) is 0.500. The molecule has 0 aromatic heterocycles. The maximum absolute atomic E-state index is 13.5.